The van der Waals surface area contributed by atoms with Gasteiger partial charge < -0.3 is 25.0 Å². The first kappa shape index (κ1) is 20.5. The van der Waals surface area contributed by atoms with E-state index in [-0.39, 0.29) is 11.9 Å². The summed E-state index contributed by atoms with van der Waals surface area (Å²) in [6.07, 6.45) is 0. The monoisotopic (exact) mass is 474 g/mol. The molecular formula is C21H23BrN4O4. The van der Waals surface area contributed by atoms with E-state index in [1.807, 2.05) is 35.2 Å². The minimum Gasteiger partial charge on any atom is -0.486 e. The van der Waals surface area contributed by atoms with Gasteiger partial charge in [0.25, 0.3) is 0 Å². The molecule has 0 atom stereocenters. The Morgan fingerprint density at radius 3 is 2.30 bits per heavy atom. The Hall–Kier alpha value is -2.78. The van der Waals surface area contributed by atoms with Crippen molar-refractivity contribution in [2.75, 3.05) is 56.6 Å². The molecule has 30 heavy (non-hydrogen) atoms. The van der Waals surface area contributed by atoms with Gasteiger partial charge in [0.1, 0.15) is 13.2 Å². The highest BCUT2D eigenvalue weighted by molar-refractivity contribution is 9.10. The molecule has 0 bridgehead atoms. The lowest BCUT2D eigenvalue weighted by molar-refractivity contribution is -0.117. The van der Waals surface area contributed by atoms with Gasteiger partial charge in [-0.2, -0.15) is 0 Å². The summed E-state index contributed by atoms with van der Waals surface area (Å²) >= 11 is 3.47. The summed E-state index contributed by atoms with van der Waals surface area (Å²) in [7, 11) is 0. The van der Waals surface area contributed by atoms with Crippen LogP contribution in [0.2, 0.25) is 0 Å². The Bertz CT molecular complexity index is 917. The van der Waals surface area contributed by atoms with Gasteiger partial charge in [-0.3, -0.25) is 9.69 Å². The molecule has 2 aromatic rings. The minimum absolute atomic E-state index is 0.0562. The molecule has 2 heterocycles. The fourth-order valence-electron chi connectivity index (χ4n) is 3.39. The zero-order valence-electron chi connectivity index (χ0n) is 16.4. The average molecular weight is 475 g/mol. The fourth-order valence-corrected chi connectivity index (χ4v) is 3.81. The Morgan fingerprint density at radius 1 is 0.933 bits per heavy atom. The number of para-hydroxylation sites is 1. The van der Waals surface area contributed by atoms with Crippen LogP contribution in [-0.4, -0.2) is 67.7 Å². The van der Waals surface area contributed by atoms with E-state index in [0.29, 0.717) is 63.1 Å². The second-order valence-corrected chi connectivity index (χ2v) is 7.94. The minimum atomic E-state index is -0.180. The van der Waals surface area contributed by atoms with Crippen molar-refractivity contribution < 1.29 is 19.1 Å². The van der Waals surface area contributed by atoms with Crippen molar-refractivity contribution in [2.24, 2.45) is 0 Å². The predicted molar refractivity (Wildman–Crippen MR) is 117 cm³/mol. The van der Waals surface area contributed by atoms with Gasteiger partial charge in [0.2, 0.25) is 5.91 Å². The van der Waals surface area contributed by atoms with Gasteiger partial charge in [-0.1, -0.05) is 18.2 Å². The lowest BCUT2D eigenvalue weighted by Crippen LogP contribution is -2.51. The van der Waals surface area contributed by atoms with Crippen LogP contribution in [0.3, 0.4) is 0 Å². The van der Waals surface area contributed by atoms with E-state index in [1.54, 1.807) is 17.0 Å². The molecule has 2 aliphatic rings. The average Bonchev–Trinajstić information content (AvgIpc) is 2.75. The first-order valence-electron chi connectivity index (χ1n) is 9.81. The summed E-state index contributed by atoms with van der Waals surface area (Å²) in [5.41, 5.74) is 1.42. The summed E-state index contributed by atoms with van der Waals surface area (Å²) in [6.45, 7) is 3.67. The number of hydrogen-bond donors (Lipinski definition) is 2. The summed E-state index contributed by atoms with van der Waals surface area (Å²) in [5.74, 6) is 1.22. The van der Waals surface area contributed by atoms with Gasteiger partial charge >= 0.3 is 6.03 Å². The zero-order chi connectivity index (χ0) is 20.9. The number of fused-ring (bicyclic) bond motifs is 1. The highest BCUT2D eigenvalue weighted by Gasteiger charge is 2.24. The van der Waals surface area contributed by atoms with E-state index < -0.39 is 0 Å². The van der Waals surface area contributed by atoms with Crippen molar-refractivity contribution in [1.82, 2.24) is 9.80 Å². The standard InChI is InChI=1S/C21H23BrN4O4/c22-16-12-18-19(30-11-10-29-18)13-17(16)24-21(28)26-8-6-25(7-9-26)14-20(27)23-15-4-2-1-3-5-15/h1-5,12-13H,6-11,14H2,(H,23,27)(H,24,28). The molecule has 8 nitrogen and oxygen atoms in total. The molecule has 2 N–H and O–H groups in total. The van der Waals surface area contributed by atoms with E-state index in [4.69, 9.17) is 9.47 Å². The van der Waals surface area contributed by atoms with Gasteiger partial charge in [-0.25, -0.2) is 4.79 Å². The number of piperazine rings is 1. The van der Waals surface area contributed by atoms with Crippen molar-refractivity contribution in [2.45, 2.75) is 0 Å². The van der Waals surface area contributed by atoms with E-state index in [0.717, 1.165) is 10.2 Å². The van der Waals surface area contributed by atoms with E-state index >= 15 is 0 Å². The molecule has 1 fully saturated rings. The number of carbonyl (C=O) groups is 2. The van der Waals surface area contributed by atoms with E-state index in [1.165, 1.54) is 0 Å². The van der Waals surface area contributed by atoms with E-state index in [9.17, 15) is 9.59 Å². The maximum atomic E-state index is 12.7. The highest BCUT2D eigenvalue weighted by atomic mass is 79.9. The van der Waals surface area contributed by atoms with Crippen LogP contribution in [0.15, 0.2) is 46.9 Å². The van der Waals surface area contributed by atoms with Gasteiger partial charge in [0.15, 0.2) is 11.5 Å². The Morgan fingerprint density at radius 2 is 1.60 bits per heavy atom. The lowest BCUT2D eigenvalue weighted by atomic mass is 10.2. The third-order valence-electron chi connectivity index (χ3n) is 4.96. The van der Waals surface area contributed by atoms with Crippen molar-refractivity contribution in [1.29, 1.82) is 0 Å². The molecule has 0 unspecified atom stereocenters. The first-order chi connectivity index (χ1) is 14.6. The molecule has 2 aromatic carbocycles. The van der Waals surface area contributed by atoms with Gasteiger partial charge in [0.05, 0.1) is 12.2 Å². The summed E-state index contributed by atoms with van der Waals surface area (Å²) in [4.78, 5) is 28.7. The molecule has 4 rings (SSSR count). The summed E-state index contributed by atoms with van der Waals surface area (Å²) in [6, 6.07) is 12.8. The van der Waals surface area contributed by atoms with Crippen molar-refractivity contribution in [3.8, 4) is 11.5 Å². The molecule has 0 aromatic heterocycles. The highest BCUT2D eigenvalue weighted by Crippen LogP contribution is 2.38. The van der Waals surface area contributed by atoms with Crippen LogP contribution in [0.5, 0.6) is 11.5 Å². The molecule has 3 amide bonds. The summed E-state index contributed by atoms with van der Waals surface area (Å²) < 4.78 is 11.9. The molecule has 9 heteroatoms. The quantitative estimate of drug-likeness (QED) is 0.711. The Labute approximate surface area is 183 Å². The van der Waals surface area contributed by atoms with Crippen LogP contribution in [-0.2, 0) is 4.79 Å². The third kappa shape index (κ3) is 5.03. The second-order valence-electron chi connectivity index (χ2n) is 7.08. The molecule has 2 aliphatic heterocycles. The Balaban J connectivity index is 1.27. The number of ether oxygens (including phenoxy) is 2. The fraction of sp³-hybridized carbons (Fsp3) is 0.333. The number of carbonyl (C=O) groups excluding carboxylic acids is 2. The number of nitrogens with one attached hydrogen (secondary N) is 2. The van der Waals surface area contributed by atoms with Crippen LogP contribution in [0, 0.1) is 0 Å². The number of nitrogens with zero attached hydrogens (tertiary/aromatic N) is 2. The van der Waals surface area contributed by atoms with Crippen LogP contribution in [0.1, 0.15) is 0 Å². The topological polar surface area (TPSA) is 83.1 Å². The van der Waals surface area contributed by atoms with Crippen molar-refractivity contribution >= 4 is 39.2 Å². The molecule has 0 saturated carbocycles. The first-order valence-corrected chi connectivity index (χ1v) is 10.6. The number of benzene rings is 2. The SMILES string of the molecule is O=C(CN1CCN(C(=O)Nc2cc3c(cc2Br)OCCO3)CC1)Nc1ccccc1. The number of amides is 3. The normalized spacial score (nSPS) is 16.1. The molecule has 1 saturated heterocycles. The molecule has 0 radical (unpaired) electrons. The molecular weight excluding hydrogens is 452 g/mol. The Kier molecular flexibility index (Phi) is 6.39. The zero-order valence-corrected chi connectivity index (χ0v) is 18.0. The van der Waals surface area contributed by atoms with Crippen LogP contribution in [0.4, 0.5) is 16.2 Å². The summed E-state index contributed by atoms with van der Waals surface area (Å²) in [5, 5.41) is 5.81. The molecule has 0 spiro atoms. The van der Waals surface area contributed by atoms with E-state index in [2.05, 4.69) is 26.6 Å². The smallest absolute Gasteiger partial charge is 0.321 e. The maximum Gasteiger partial charge on any atom is 0.321 e. The second kappa shape index (κ2) is 9.36. The van der Waals surface area contributed by atoms with Crippen molar-refractivity contribution in [3.63, 3.8) is 0 Å². The molecule has 158 valence electrons. The number of anilines is 2. The van der Waals surface area contributed by atoms with Crippen LogP contribution < -0.4 is 20.1 Å². The lowest BCUT2D eigenvalue weighted by Gasteiger charge is -2.34. The van der Waals surface area contributed by atoms with Crippen LogP contribution in [0.25, 0.3) is 0 Å². The van der Waals surface area contributed by atoms with Gasteiger partial charge in [-0.05, 0) is 28.1 Å². The number of hydrogen-bond acceptors (Lipinski definition) is 5. The number of urea groups is 1. The third-order valence-corrected chi connectivity index (χ3v) is 5.61. The van der Waals surface area contributed by atoms with Gasteiger partial charge in [0, 0.05) is 48.5 Å². The number of halogens is 1. The largest absolute Gasteiger partial charge is 0.486 e. The predicted octanol–water partition coefficient (Wildman–Crippen LogP) is 3.01. The van der Waals surface area contributed by atoms with Crippen LogP contribution >= 0.6 is 15.9 Å². The molecule has 0 aliphatic carbocycles. The van der Waals surface area contributed by atoms with Gasteiger partial charge in [-0.15, -0.1) is 0 Å². The number of rotatable bonds is 4. The van der Waals surface area contributed by atoms with Crippen molar-refractivity contribution in [3.05, 3.63) is 46.9 Å². The maximum absolute atomic E-state index is 12.7.